The minimum Gasteiger partial charge on any atom is -0.251 e. The molecule has 0 radical (unpaired) electrons. The van der Waals surface area contributed by atoms with Crippen LogP contribution in [0, 0.1) is 5.92 Å². The number of halogens is 1. The number of unbranched alkanes of at least 4 members (excludes halogenated alkanes) is 1. The predicted molar refractivity (Wildman–Crippen MR) is 34.7 cm³/mol. The van der Waals surface area contributed by atoms with Crippen molar-refractivity contribution in [1.82, 2.24) is 0 Å². The Labute approximate surface area is 51.1 Å². The molecule has 0 saturated heterocycles. The van der Waals surface area contributed by atoms with E-state index in [1.807, 2.05) is 6.92 Å². The van der Waals surface area contributed by atoms with Gasteiger partial charge in [0.2, 0.25) is 0 Å². The molecule has 0 aromatic rings. The minimum absolute atomic E-state index is 0.153. The van der Waals surface area contributed by atoms with E-state index in [-0.39, 0.29) is 12.6 Å². The van der Waals surface area contributed by atoms with Crippen LogP contribution in [0.5, 0.6) is 0 Å². The zero-order valence-corrected chi connectivity index (χ0v) is 5.78. The van der Waals surface area contributed by atoms with E-state index in [1.54, 1.807) is 0 Å². The summed E-state index contributed by atoms with van der Waals surface area (Å²) in [4.78, 5) is 0. The van der Waals surface area contributed by atoms with Crippen molar-refractivity contribution in [3.8, 4) is 0 Å². The van der Waals surface area contributed by atoms with Gasteiger partial charge < -0.3 is 0 Å². The van der Waals surface area contributed by atoms with Crippen LogP contribution in [-0.4, -0.2) is 6.67 Å². The third-order valence-corrected chi connectivity index (χ3v) is 1.31. The molecule has 0 unspecified atom stereocenters. The molecule has 1 heteroatoms. The highest BCUT2D eigenvalue weighted by Crippen LogP contribution is 2.06. The fraction of sp³-hybridized carbons (Fsp3) is 1.00. The Bertz CT molecular complexity index is 43.7. The van der Waals surface area contributed by atoms with Crippen LogP contribution in [0.1, 0.15) is 33.1 Å². The molecular formula is C7H15F. The Morgan fingerprint density at radius 2 is 2.12 bits per heavy atom. The SMILES string of the molecule is CCCC[C@@H](C)CF. The van der Waals surface area contributed by atoms with Gasteiger partial charge in [-0.05, 0) is 12.3 Å². The summed E-state index contributed by atoms with van der Waals surface area (Å²) in [6.07, 6.45) is 3.41. The third kappa shape index (κ3) is 4.10. The number of hydrogen-bond donors (Lipinski definition) is 0. The fourth-order valence-corrected chi connectivity index (χ4v) is 0.630. The molecule has 0 aliphatic rings. The molecule has 50 valence electrons. The summed E-state index contributed by atoms with van der Waals surface area (Å²) in [5.41, 5.74) is 0. The van der Waals surface area contributed by atoms with Gasteiger partial charge in [-0.1, -0.05) is 26.7 Å². The minimum atomic E-state index is -0.153. The Hall–Kier alpha value is -0.0700. The highest BCUT2D eigenvalue weighted by atomic mass is 19.1. The Morgan fingerprint density at radius 1 is 1.50 bits per heavy atom. The first-order valence-electron chi connectivity index (χ1n) is 3.37. The van der Waals surface area contributed by atoms with Gasteiger partial charge in [-0.25, -0.2) is 0 Å². The Morgan fingerprint density at radius 3 is 2.50 bits per heavy atom. The molecular weight excluding hydrogens is 103 g/mol. The summed E-state index contributed by atoms with van der Waals surface area (Å²) in [6.45, 7) is 3.93. The Kier molecular flexibility index (Phi) is 5.03. The summed E-state index contributed by atoms with van der Waals surface area (Å²) in [5.74, 6) is 0.287. The molecule has 0 aromatic heterocycles. The molecule has 0 rings (SSSR count). The first-order chi connectivity index (χ1) is 3.81. The average molecular weight is 118 g/mol. The van der Waals surface area contributed by atoms with E-state index in [0.29, 0.717) is 0 Å². The summed E-state index contributed by atoms with van der Waals surface area (Å²) in [7, 11) is 0. The largest absolute Gasteiger partial charge is 0.251 e. The first-order valence-corrected chi connectivity index (χ1v) is 3.37. The lowest BCUT2D eigenvalue weighted by Crippen LogP contribution is -1.94. The van der Waals surface area contributed by atoms with Crippen molar-refractivity contribution in [2.24, 2.45) is 5.92 Å². The van der Waals surface area contributed by atoms with E-state index in [2.05, 4.69) is 6.92 Å². The van der Waals surface area contributed by atoms with Gasteiger partial charge in [0, 0.05) is 0 Å². The fourth-order valence-electron chi connectivity index (χ4n) is 0.630. The zero-order chi connectivity index (χ0) is 6.41. The van der Waals surface area contributed by atoms with Crippen molar-refractivity contribution in [1.29, 1.82) is 0 Å². The van der Waals surface area contributed by atoms with Crippen LogP contribution in [0.2, 0.25) is 0 Å². The van der Waals surface area contributed by atoms with Gasteiger partial charge in [0.05, 0.1) is 6.67 Å². The van der Waals surface area contributed by atoms with Crippen LogP contribution in [0.15, 0.2) is 0 Å². The zero-order valence-electron chi connectivity index (χ0n) is 5.78. The highest BCUT2D eigenvalue weighted by Gasteiger charge is 1.97. The maximum atomic E-state index is 11.7. The molecule has 0 aliphatic heterocycles. The summed E-state index contributed by atoms with van der Waals surface area (Å²) < 4.78 is 11.7. The second-order valence-corrected chi connectivity index (χ2v) is 2.40. The van der Waals surface area contributed by atoms with Crippen LogP contribution in [-0.2, 0) is 0 Å². The van der Waals surface area contributed by atoms with E-state index >= 15 is 0 Å². The number of rotatable bonds is 4. The van der Waals surface area contributed by atoms with Crippen molar-refractivity contribution >= 4 is 0 Å². The van der Waals surface area contributed by atoms with Crippen molar-refractivity contribution in [3.63, 3.8) is 0 Å². The first kappa shape index (κ1) is 7.93. The highest BCUT2D eigenvalue weighted by molar-refractivity contribution is 4.48. The monoisotopic (exact) mass is 118 g/mol. The Balaban J connectivity index is 2.86. The van der Waals surface area contributed by atoms with Crippen molar-refractivity contribution in [3.05, 3.63) is 0 Å². The summed E-state index contributed by atoms with van der Waals surface area (Å²) in [6, 6.07) is 0. The van der Waals surface area contributed by atoms with Crippen LogP contribution >= 0.6 is 0 Å². The molecule has 0 nitrogen and oxygen atoms in total. The maximum absolute atomic E-state index is 11.7. The molecule has 0 heterocycles. The van der Waals surface area contributed by atoms with E-state index in [9.17, 15) is 4.39 Å². The lowest BCUT2D eigenvalue weighted by Gasteiger charge is -2.02. The standard InChI is InChI=1S/C7H15F/c1-3-4-5-7(2)6-8/h7H,3-6H2,1-2H3/t7-/m1/s1. The molecule has 1 atom stereocenters. The van der Waals surface area contributed by atoms with Gasteiger partial charge in [0.15, 0.2) is 0 Å². The molecule has 0 N–H and O–H groups in total. The van der Waals surface area contributed by atoms with Crippen molar-refractivity contribution < 1.29 is 4.39 Å². The lowest BCUT2D eigenvalue weighted by atomic mass is 10.1. The van der Waals surface area contributed by atoms with E-state index in [4.69, 9.17) is 0 Å². The topological polar surface area (TPSA) is 0 Å². The van der Waals surface area contributed by atoms with E-state index < -0.39 is 0 Å². The molecule has 0 aromatic carbocycles. The van der Waals surface area contributed by atoms with Gasteiger partial charge >= 0.3 is 0 Å². The molecule has 0 saturated carbocycles. The van der Waals surface area contributed by atoms with E-state index in [0.717, 1.165) is 6.42 Å². The van der Waals surface area contributed by atoms with Gasteiger partial charge in [0.25, 0.3) is 0 Å². The van der Waals surface area contributed by atoms with Crippen LogP contribution in [0.25, 0.3) is 0 Å². The molecule has 0 bridgehead atoms. The van der Waals surface area contributed by atoms with Gasteiger partial charge in [0.1, 0.15) is 0 Å². The molecule has 0 spiro atoms. The van der Waals surface area contributed by atoms with Gasteiger partial charge in [-0.3, -0.25) is 4.39 Å². The third-order valence-electron chi connectivity index (χ3n) is 1.31. The summed E-state index contributed by atoms with van der Waals surface area (Å²) in [5, 5.41) is 0. The molecule has 0 fully saturated rings. The maximum Gasteiger partial charge on any atom is 0.0919 e. The quantitative estimate of drug-likeness (QED) is 0.532. The van der Waals surface area contributed by atoms with Gasteiger partial charge in [-0.2, -0.15) is 0 Å². The smallest absolute Gasteiger partial charge is 0.0919 e. The van der Waals surface area contributed by atoms with Crippen LogP contribution < -0.4 is 0 Å². The molecule has 0 amide bonds. The van der Waals surface area contributed by atoms with Crippen molar-refractivity contribution in [2.45, 2.75) is 33.1 Å². The molecule has 0 aliphatic carbocycles. The molecule has 8 heavy (non-hydrogen) atoms. The van der Waals surface area contributed by atoms with Crippen LogP contribution in [0.4, 0.5) is 4.39 Å². The number of hydrogen-bond acceptors (Lipinski definition) is 0. The number of alkyl halides is 1. The van der Waals surface area contributed by atoms with Crippen LogP contribution in [0.3, 0.4) is 0 Å². The van der Waals surface area contributed by atoms with Gasteiger partial charge in [-0.15, -0.1) is 0 Å². The second kappa shape index (κ2) is 5.07. The van der Waals surface area contributed by atoms with E-state index in [1.165, 1.54) is 12.8 Å². The lowest BCUT2D eigenvalue weighted by molar-refractivity contribution is 0.359. The average Bonchev–Trinajstić information content (AvgIpc) is 1.83. The normalized spacial score (nSPS) is 13.9. The van der Waals surface area contributed by atoms with Crippen molar-refractivity contribution in [2.75, 3.05) is 6.67 Å². The predicted octanol–water partition coefficient (Wildman–Crippen LogP) is 2.78. The summed E-state index contributed by atoms with van der Waals surface area (Å²) >= 11 is 0. The second-order valence-electron chi connectivity index (χ2n) is 2.40.